The lowest BCUT2D eigenvalue weighted by molar-refractivity contribution is -0.139. The zero-order chi connectivity index (χ0) is 27.4. The summed E-state index contributed by atoms with van der Waals surface area (Å²) >= 11 is 0. The molecule has 15 heteroatoms. The molecule has 1 aliphatic rings. The van der Waals surface area contributed by atoms with Crippen LogP contribution in [0.3, 0.4) is 0 Å². The monoisotopic (exact) mass is 529 g/mol. The Kier molecular flexibility index (Phi) is 8.09. The lowest BCUT2D eigenvalue weighted by atomic mass is 10.0. The van der Waals surface area contributed by atoms with Gasteiger partial charge in [0.25, 0.3) is 5.95 Å². The van der Waals surface area contributed by atoms with Crippen molar-refractivity contribution < 1.29 is 38.8 Å². The van der Waals surface area contributed by atoms with E-state index in [1.165, 1.54) is 23.4 Å². The van der Waals surface area contributed by atoms with Gasteiger partial charge in [-0.1, -0.05) is 6.92 Å². The predicted molar refractivity (Wildman–Crippen MR) is 129 cm³/mol. The molecule has 15 nitrogen and oxygen atoms in total. The molecule has 3 N–H and O–H groups in total. The zero-order valence-corrected chi connectivity index (χ0v) is 20.8. The Bertz CT molecular complexity index is 1370. The van der Waals surface area contributed by atoms with Crippen LogP contribution in [0.4, 0.5) is 5.82 Å². The number of anilines is 1. The Morgan fingerprint density at radius 1 is 1.24 bits per heavy atom. The number of nitrogens with one attached hydrogen (secondary N) is 1. The number of esters is 2. The molecule has 0 bridgehead atoms. The molecule has 3 aromatic rings. The summed E-state index contributed by atoms with van der Waals surface area (Å²) in [7, 11) is 0. The predicted octanol–water partition coefficient (Wildman–Crippen LogP) is 0.133. The van der Waals surface area contributed by atoms with Crippen LogP contribution in [0.1, 0.15) is 37.4 Å². The molecule has 0 aliphatic carbocycles. The van der Waals surface area contributed by atoms with Gasteiger partial charge >= 0.3 is 11.9 Å². The van der Waals surface area contributed by atoms with Gasteiger partial charge in [-0.3, -0.25) is 9.36 Å². The first-order valence-electron chi connectivity index (χ1n) is 11.8. The summed E-state index contributed by atoms with van der Waals surface area (Å²) in [5, 5.41) is 27.0. The number of aliphatic hydroxyl groups excluding tert-OH is 2. The first-order chi connectivity index (χ1) is 18.3. The molecule has 4 heterocycles. The molecule has 1 fully saturated rings. The average molecular weight is 530 g/mol. The van der Waals surface area contributed by atoms with E-state index in [1.54, 1.807) is 25.3 Å². The van der Waals surface area contributed by atoms with Crippen molar-refractivity contribution in [2.75, 3.05) is 25.1 Å². The number of hydrogen-bond acceptors (Lipinski definition) is 13. The molecule has 3 aromatic heterocycles. The lowest BCUT2D eigenvalue weighted by Crippen LogP contribution is -2.28. The van der Waals surface area contributed by atoms with Crippen molar-refractivity contribution in [3.63, 3.8) is 0 Å². The van der Waals surface area contributed by atoms with Crippen molar-refractivity contribution in [3.05, 3.63) is 36.1 Å². The standard InChI is InChI=1S/C23H27N7O8/c1-4-36-21(34)13-7-26-30(8-13)23-27-18(24-6-14(9-31)22(35)37-5-2)16-19(28-23)29(11-25-16)20-12(3)17(33)15(10-32)38-20/h6-9,11-12,15,17,20,32-33H,4-5,10H2,1-3H3,(H,24,27,28)/b14-6+/t12-,15-,17+,20-/m1/s1. The van der Waals surface area contributed by atoms with Crippen molar-refractivity contribution in [2.24, 2.45) is 5.92 Å². The molecule has 0 aromatic carbocycles. The van der Waals surface area contributed by atoms with Crippen LogP contribution in [0.15, 0.2) is 30.5 Å². The third-order valence-corrected chi connectivity index (χ3v) is 5.85. The van der Waals surface area contributed by atoms with Crippen LogP contribution in [0.2, 0.25) is 0 Å². The van der Waals surface area contributed by atoms with Gasteiger partial charge < -0.3 is 29.7 Å². The number of hydrogen-bond donors (Lipinski definition) is 3. The lowest BCUT2D eigenvalue weighted by Gasteiger charge is -2.17. The molecule has 1 saturated heterocycles. The Morgan fingerprint density at radius 2 is 2.00 bits per heavy atom. The summed E-state index contributed by atoms with van der Waals surface area (Å²) in [5.74, 6) is -1.71. The SMILES string of the molecule is CCOC(=O)/C(C=O)=C/Nc1nc(-n2cc(C(=O)OCC)cn2)nc2c1ncn2[C@@H]1O[C@H](CO)[C@@H](O)[C@H]1C. The fourth-order valence-electron chi connectivity index (χ4n) is 3.91. The molecule has 0 radical (unpaired) electrons. The molecule has 202 valence electrons. The molecule has 1 aliphatic heterocycles. The smallest absolute Gasteiger partial charge is 0.342 e. The zero-order valence-electron chi connectivity index (χ0n) is 20.8. The molecular formula is C23H27N7O8. The average Bonchev–Trinajstić information content (AvgIpc) is 3.63. The molecule has 4 atom stereocenters. The van der Waals surface area contributed by atoms with E-state index in [1.807, 2.05) is 0 Å². The third-order valence-electron chi connectivity index (χ3n) is 5.85. The van der Waals surface area contributed by atoms with Gasteiger partial charge in [-0.15, -0.1) is 0 Å². The highest BCUT2D eigenvalue weighted by atomic mass is 16.5. The van der Waals surface area contributed by atoms with Crippen LogP contribution < -0.4 is 5.32 Å². The highest BCUT2D eigenvalue weighted by molar-refractivity contribution is 6.08. The fourth-order valence-corrected chi connectivity index (χ4v) is 3.91. The van der Waals surface area contributed by atoms with Crippen LogP contribution in [-0.4, -0.2) is 89.8 Å². The number of imidazole rings is 1. The number of aliphatic hydroxyl groups is 2. The highest BCUT2D eigenvalue weighted by Gasteiger charge is 2.42. The van der Waals surface area contributed by atoms with Crippen molar-refractivity contribution in [1.29, 1.82) is 0 Å². The van der Waals surface area contributed by atoms with Gasteiger partial charge in [-0.2, -0.15) is 15.1 Å². The second kappa shape index (κ2) is 11.5. The van der Waals surface area contributed by atoms with E-state index in [0.29, 0.717) is 6.29 Å². The maximum atomic E-state index is 12.1. The normalized spacial score (nSPS) is 21.4. The number of fused-ring (bicyclic) bond motifs is 1. The maximum Gasteiger partial charge on any atom is 0.342 e. The van der Waals surface area contributed by atoms with E-state index >= 15 is 0 Å². The molecule has 0 spiro atoms. The minimum atomic E-state index is -0.928. The summed E-state index contributed by atoms with van der Waals surface area (Å²) in [6, 6.07) is 0. The molecule has 38 heavy (non-hydrogen) atoms. The summed E-state index contributed by atoms with van der Waals surface area (Å²) in [6.45, 7) is 4.94. The van der Waals surface area contributed by atoms with Crippen LogP contribution in [0, 0.1) is 5.92 Å². The fraction of sp³-hybridized carbons (Fsp3) is 0.435. The Balaban J connectivity index is 1.81. The third kappa shape index (κ3) is 5.11. The van der Waals surface area contributed by atoms with Crippen LogP contribution in [0.25, 0.3) is 17.1 Å². The number of carbonyl (C=O) groups is 3. The minimum absolute atomic E-state index is 0.0133. The quantitative estimate of drug-likeness (QED) is 0.106. The van der Waals surface area contributed by atoms with Crippen molar-refractivity contribution in [3.8, 4) is 5.95 Å². The maximum absolute atomic E-state index is 12.1. The molecule has 0 saturated carbocycles. The van der Waals surface area contributed by atoms with Crippen LogP contribution in [-0.2, 0) is 23.8 Å². The Morgan fingerprint density at radius 3 is 2.66 bits per heavy atom. The molecular weight excluding hydrogens is 502 g/mol. The Hall–Kier alpha value is -4.21. The first kappa shape index (κ1) is 26.8. The number of nitrogens with zero attached hydrogens (tertiary/aromatic N) is 6. The second-order valence-electron chi connectivity index (χ2n) is 8.27. The summed E-state index contributed by atoms with van der Waals surface area (Å²) in [6.07, 6.45) is 3.13. The van der Waals surface area contributed by atoms with Gasteiger partial charge in [0.1, 0.15) is 17.9 Å². The van der Waals surface area contributed by atoms with E-state index in [-0.39, 0.29) is 53.9 Å². The first-order valence-corrected chi connectivity index (χ1v) is 11.8. The van der Waals surface area contributed by atoms with Crippen molar-refractivity contribution in [1.82, 2.24) is 29.3 Å². The van der Waals surface area contributed by atoms with E-state index < -0.39 is 36.3 Å². The van der Waals surface area contributed by atoms with Gasteiger partial charge in [0, 0.05) is 18.3 Å². The number of carbonyl (C=O) groups excluding carboxylic acids is 3. The summed E-state index contributed by atoms with van der Waals surface area (Å²) in [5.41, 5.74) is 0.385. The van der Waals surface area contributed by atoms with E-state index in [0.717, 1.165) is 6.20 Å². The van der Waals surface area contributed by atoms with Crippen LogP contribution in [0.5, 0.6) is 0 Å². The van der Waals surface area contributed by atoms with Gasteiger partial charge in [0.05, 0.1) is 44.0 Å². The van der Waals surface area contributed by atoms with Crippen molar-refractivity contribution >= 4 is 35.2 Å². The Labute approximate surface area is 216 Å². The van der Waals surface area contributed by atoms with Gasteiger partial charge in [-0.05, 0) is 13.8 Å². The number of rotatable bonds is 10. The second-order valence-corrected chi connectivity index (χ2v) is 8.27. The largest absolute Gasteiger partial charge is 0.462 e. The summed E-state index contributed by atoms with van der Waals surface area (Å²) in [4.78, 5) is 48.9. The minimum Gasteiger partial charge on any atom is -0.462 e. The molecule has 0 unspecified atom stereocenters. The van der Waals surface area contributed by atoms with E-state index in [9.17, 15) is 24.6 Å². The molecule has 0 amide bonds. The van der Waals surface area contributed by atoms with Gasteiger partial charge in [0.2, 0.25) is 0 Å². The van der Waals surface area contributed by atoms with E-state index in [2.05, 4.69) is 25.4 Å². The van der Waals surface area contributed by atoms with Gasteiger partial charge in [-0.25, -0.2) is 19.3 Å². The number of aldehydes is 1. The molecule has 4 rings (SSSR count). The number of aromatic nitrogens is 6. The van der Waals surface area contributed by atoms with Crippen LogP contribution >= 0.6 is 0 Å². The van der Waals surface area contributed by atoms with Gasteiger partial charge in [0.15, 0.2) is 23.3 Å². The topological polar surface area (TPSA) is 193 Å². The summed E-state index contributed by atoms with van der Waals surface area (Å²) < 4.78 is 18.5. The number of ether oxygens (including phenoxy) is 3. The highest BCUT2D eigenvalue weighted by Crippen LogP contribution is 2.36. The van der Waals surface area contributed by atoms with E-state index in [4.69, 9.17) is 14.2 Å². The van der Waals surface area contributed by atoms with Crippen molar-refractivity contribution in [2.45, 2.75) is 39.2 Å².